The number of imidazole rings is 1. The number of fused-ring (bicyclic) bond motifs is 2. The summed E-state index contributed by atoms with van der Waals surface area (Å²) in [5, 5.41) is 1.09. The molecular formula is C24H30N4O3S. The second-order valence-corrected chi connectivity index (χ2v) is 10.5. The van der Waals surface area contributed by atoms with Crippen molar-refractivity contribution in [3.8, 4) is 0 Å². The second-order valence-electron chi connectivity index (χ2n) is 8.40. The van der Waals surface area contributed by atoms with Gasteiger partial charge in [0.25, 0.3) is 0 Å². The van der Waals surface area contributed by atoms with Crippen LogP contribution in [0.2, 0.25) is 0 Å². The van der Waals surface area contributed by atoms with Gasteiger partial charge in [0.1, 0.15) is 17.2 Å². The lowest BCUT2D eigenvalue weighted by atomic mass is 10.2. The number of furan rings is 1. The summed E-state index contributed by atoms with van der Waals surface area (Å²) >= 11 is 0. The van der Waals surface area contributed by atoms with Crippen LogP contribution in [0.1, 0.15) is 37.9 Å². The van der Waals surface area contributed by atoms with Crippen molar-refractivity contribution in [2.45, 2.75) is 44.3 Å². The summed E-state index contributed by atoms with van der Waals surface area (Å²) in [5.74, 6) is 1.82. The van der Waals surface area contributed by atoms with E-state index in [9.17, 15) is 8.42 Å². The fourth-order valence-corrected chi connectivity index (χ4v) is 4.83. The van der Waals surface area contributed by atoms with E-state index in [0.29, 0.717) is 12.1 Å². The Morgan fingerprint density at radius 3 is 2.53 bits per heavy atom. The molecule has 4 aromatic rings. The third-order valence-corrected chi connectivity index (χ3v) is 7.74. The zero-order valence-corrected chi connectivity index (χ0v) is 20.1. The number of aryl methyl sites for hydroxylation is 1. The molecule has 8 heteroatoms. The predicted octanol–water partition coefficient (Wildman–Crippen LogP) is 4.64. The van der Waals surface area contributed by atoms with E-state index >= 15 is 0 Å². The van der Waals surface area contributed by atoms with Gasteiger partial charge >= 0.3 is 0 Å². The lowest BCUT2D eigenvalue weighted by Crippen LogP contribution is -2.23. The van der Waals surface area contributed by atoms with Crippen LogP contribution in [0.4, 0.5) is 0 Å². The monoisotopic (exact) mass is 454 g/mol. The summed E-state index contributed by atoms with van der Waals surface area (Å²) in [5.41, 5.74) is 2.53. The number of nitrogens with zero attached hydrogens (tertiary/aromatic N) is 4. The molecule has 0 bridgehead atoms. The Kier molecular flexibility index (Phi) is 6.11. The normalized spacial score (nSPS) is 13.6. The van der Waals surface area contributed by atoms with Gasteiger partial charge in [-0.05, 0) is 50.7 Å². The Hall–Kier alpha value is -2.68. The molecule has 0 aliphatic rings. The first-order chi connectivity index (χ1) is 15.2. The third kappa shape index (κ3) is 4.05. The zero-order chi connectivity index (χ0) is 23.0. The molecule has 0 radical (unpaired) electrons. The molecule has 32 heavy (non-hydrogen) atoms. The van der Waals surface area contributed by atoms with Crippen LogP contribution in [-0.2, 0) is 23.1 Å². The van der Waals surface area contributed by atoms with E-state index in [2.05, 4.69) is 42.5 Å². The fourth-order valence-electron chi connectivity index (χ4n) is 3.91. The van der Waals surface area contributed by atoms with Gasteiger partial charge in [0.05, 0.1) is 28.5 Å². The van der Waals surface area contributed by atoms with Crippen LogP contribution < -0.4 is 0 Å². The summed E-state index contributed by atoms with van der Waals surface area (Å²) < 4.78 is 34.6. The molecule has 1 unspecified atom stereocenters. The van der Waals surface area contributed by atoms with Gasteiger partial charge in [0.15, 0.2) is 0 Å². The van der Waals surface area contributed by atoms with Gasteiger partial charge in [-0.15, -0.1) is 0 Å². The number of rotatable bonds is 8. The molecule has 2 aromatic heterocycles. The summed E-state index contributed by atoms with van der Waals surface area (Å²) in [4.78, 5) is 7.28. The van der Waals surface area contributed by atoms with Crippen LogP contribution in [0.3, 0.4) is 0 Å². The Morgan fingerprint density at radius 1 is 1.09 bits per heavy atom. The number of aromatic nitrogens is 2. The maximum absolute atomic E-state index is 12.6. The smallest absolute Gasteiger partial charge is 0.242 e. The van der Waals surface area contributed by atoms with Gasteiger partial charge in [-0.2, -0.15) is 0 Å². The molecule has 0 amide bonds. The SMILES string of the molecule is CCCn1c(CN(C)C(C)c2cc3ccccc3o2)nc2cc(S(=O)(=O)N(C)C)ccc21. The highest BCUT2D eigenvalue weighted by Gasteiger charge is 2.22. The second kappa shape index (κ2) is 8.69. The maximum atomic E-state index is 12.6. The summed E-state index contributed by atoms with van der Waals surface area (Å²) in [6.07, 6.45) is 0.957. The van der Waals surface area contributed by atoms with Crippen molar-refractivity contribution in [2.24, 2.45) is 0 Å². The molecule has 4 rings (SSSR count). The number of hydrogen-bond donors (Lipinski definition) is 0. The molecule has 2 heterocycles. The molecule has 0 fully saturated rings. The van der Waals surface area contributed by atoms with Crippen LogP contribution in [0.5, 0.6) is 0 Å². The Balaban J connectivity index is 1.66. The van der Waals surface area contributed by atoms with E-state index in [1.807, 2.05) is 24.3 Å². The van der Waals surface area contributed by atoms with E-state index in [4.69, 9.17) is 9.40 Å². The molecule has 0 N–H and O–H groups in total. The largest absolute Gasteiger partial charge is 0.459 e. The standard InChI is InChI=1S/C24H30N4O3S/c1-6-13-28-21-12-11-19(32(29,30)26(3)4)15-20(21)25-24(28)16-27(5)17(2)23-14-18-9-7-8-10-22(18)31-23/h7-12,14-15,17H,6,13,16H2,1-5H3. The van der Waals surface area contributed by atoms with E-state index in [0.717, 1.165) is 41.0 Å². The summed E-state index contributed by atoms with van der Waals surface area (Å²) in [7, 11) is 1.62. The van der Waals surface area contributed by atoms with Crippen molar-refractivity contribution < 1.29 is 12.8 Å². The number of benzene rings is 2. The third-order valence-electron chi connectivity index (χ3n) is 5.93. The first-order valence-corrected chi connectivity index (χ1v) is 12.3. The molecule has 7 nitrogen and oxygen atoms in total. The number of sulfonamides is 1. The lowest BCUT2D eigenvalue weighted by Gasteiger charge is -2.23. The van der Waals surface area contributed by atoms with Gasteiger partial charge in [-0.25, -0.2) is 17.7 Å². The van der Waals surface area contributed by atoms with E-state index in [1.54, 1.807) is 12.1 Å². The average molecular weight is 455 g/mol. The molecular weight excluding hydrogens is 424 g/mol. The molecule has 0 aliphatic heterocycles. The quantitative estimate of drug-likeness (QED) is 0.388. The average Bonchev–Trinajstić information content (AvgIpc) is 3.34. The van der Waals surface area contributed by atoms with Crippen LogP contribution in [0.15, 0.2) is 57.8 Å². The molecule has 0 aliphatic carbocycles. The molecule has 0 saturated carbocycles. The predicted molar refractivity (Wildman–Crippen MR) is 127 cm³/mol. The van der Waals surface area contributed by atoms with E-state index in [1.165, 1.54) is 18.4 Å². The van der Waals surface area contributed by atoms with Gasteiger partial charge in [-0.1, -0.05) is 25.1 Å². The van der Waals surface area contributed by atoms with E-state index < -0.39 is 10.0 Å². The topological polar surface area (TPSA) is 71.6 Å². The molecule has 170 valence electrons. The van der Waals surface area contributed by atoms with Gasteiger partial charge in [-0.3, -0.25) is 4.90 Å². The minimum Gasteiger partial charge on any atom is -0.459 e. The van der Waals surface area contributed by atoms with Crippen molar-refractivity contribution >= 4 is 32.0 Å². The van der Waals surface area contributed by atoms with Crippen molar-refractivity contribution in [3.05, 3.63) is 60.1 Å². The van der Waals surface area contributed by atoms with Gasteiger partial charge < -0.3 is 8.98 Å². The molecule has 0 saturated heterocycles. The first-order valence-electron chi connectivity index (χ1n) is 10.8. The lowest BCUT2D eigenvalue weighted by molar-refractivity contribution is 0.219. The zero-order valence-electron chi connectivity index (χ0n) is 19.2. The van der Waals surface area contributed by atoms with Gasteiger partial charge in [0.2, 0.25) is 10.0 Å². The Morgan fingerprint density at radius 2 is 1.84 bits per heavy atom. The van der Waals surface area contributed by atoms with Gasteiger partial charge in [0, 0.05) is 26.0 Å². The highest BCUT2D eigenvalue weighted by molar-refractivity contribution is 7.89. The van der Waals surface area contributed by atoms with Crippen molar-refractivity contribution in [3.63, 3.8) is 0 Å². The van der Waals surface area contributed by atoms with Crippen molar-refractivity contribution in [1.29, 1.82) is 0 Å². The Bertz CT molecular complexity index is 1320. The maximum Gasteiger partial charge on any atom is 0.242 e. The minimum absolute atomic E-state index is 0.0574. The van der Waals surface area contributed by atoms with Crippen LogP contribution >= 0.6 is 0 Å². The number of para-hydroxylation sites is 1. The van der Waals surface area contributed by atoms with Crippen molar-refractivity contribution in [2.75, 3.05) is 21.1 Å². The summed E-state index contributed by atoms with van der Waals surface area (Å²) in [6.45, 7) is 5.68. The minimum atomic E-state index is -3.51. The van der Waals surface area contributed by atoms with E-state index in [-0.39, 0.29) is 10.9 Å². The van der Waals surface area contributed by atoms with Crippen molar-refractivity contribution in [1.82, 2.24) is 18.8 Å². The Labute approximate surface area is 189 Å². The number of hydrogen-bond acceptors (Lipinski definition) is 5. The van der Waals surface area contributed by atoms with Crippen LogP contribution in [-0.4, -0.2) is 48.3 Å². The molecule has 1 atom stereocenters. The highest BCUT2D eigenvalue weighted by Crippen LogP contribution is 2.29. The first kappa shape index (κ1) is 22.5. The molecule has 0 spiro atoms. The summed E-state index contributed by atoms with van der Waals surface area (Å²) in [6, 6.07) is 15.3. The van der Waals surface area contributed by atoms with Crippen LogP contribution in [0, 0.1) is 0 Å². The fraction of sp³-hybridized carbons (Fsp3) is 0.375. The molecule has 2 aromatic carbocycles. The highest BCUT2D eigenvalue weighted by atomic mass is 32.2. The van der Waals surface area contributed by atoms with Crippen LogP contribution in [0.25, 0.3) is 22.0 Å².